The number of carbonyl (C=O) groups excluding carboxylic acids is 3. The van der Waals surface area contributed by atoms with E-state index >= 15 is 0 Å². The van der Waals surface area contributed by atoms with Gasteiger partial charge in [0, 0.05) is 17.3 Å². The molecular weight excluding hydrogens is 453 g/mol. The second-order valence-electron chi connectivity index (χ2n) is 7.16. The summed E-state index contributed by atoms with van der Waals surface area (Å²) in [5.74, 6) is -1.71. The molecule has 0 fully saturated rings. The van der Waals surface area contributed by atoms with Crippen LogP contribution in [0.4, 0.5) is 24.5 Å². The molecule has 1 heterocycles. The number of amides is 3. The van der Waals surface area contributed by atoms with Crippen molar-refractivity contribution in [1.82, 2.24) is 0 Å². The lowest BCUT2D eigenvalue weighted by molar-refractivity contribution is -0.274. The number of halogens is 3. The van der Waals surface area contributed by atoms with Gasteiger partial charge in [0.05, 0.1) is 23.4 Å². The number of carbonyl (C=O) groups is 3. The van der Waals surface area contributed by atoms with Crippen molar-refractivity contribution < 1.29 is 37.0 Å². The van der Waals surface area contributed by atoms with Crippen LogP contribution in [0.2, 0.25) is 0 Å². The molecule has 0 atom stereocenters. The Morgan fingerprint density at radius 3 is 2.29 bits per heavy atom. The van der Waals surface area contributed by atoms with Gasteiger partial charge < -0.3 is 14.8 Å². The van der Waals surface area contributed by atoms with Gasteiger partial charge in [-0.05, 0) is 61.5 Å². The lowest BCUT2D eigenvalue weighted by atomic mass is 10.1. The first-order valence-electron chi connectivity index (χ1n) is 10.1. The fourth-order valence-electron chi connectivity index (χ4n) is 3.45. The largest absolute Gasteiger partial charge is 0.573 e. The molecule has 1 aliphatic rings. The van der Waals surface area contributed by atoms with E-state index in [1.54, 1.807) is 24.3 Å². The number of nitrogens with one attached hydrogen (secondary N) is 1. The number of anilines is 2. The molecule has 3 aromatic carbocycles. The van der Waals surface area contributed by atoms with Gasteiger partial charge in [-0.2, -0.15) is 0 Å². The zero-order valence-electron chi connectivity index (χ0n) is 17.7. The number of rotatable bonds is 6. The molecule has 0 unspecified atom stereocenters. The third kappa shape index (κ3) is 4.70. The molecule has 0 spiro atoms. The molecule has 3 aromatic rings. The summed E-state index contributed by atoms with van der Waals surface area (Å²) < 4.78 is 46.5. The molecule has 1 aliphatic heterocycles. The van der Waals surface area contributed by atoms with E-state index in [0.717, 1.165) is 17.0 Å². The second-order valence-corrected chi connectivity index (χ2v) is 7.16. The highest BCUT2D eigenvalue weighted by molar-refractivity contribution is 6.34. The van der Waals surface area contributed by atoms with Gasteiger partial charge in [0.25, 0.3) is 17.7 Å². The van der Waals surface area contributed by atoms with Crippen molar-refractivity contribution in [2.75, 3.05) is 16.8 Å². The predicted molar refractivity (Wildman–Crippen MR) is 116 cm³/mol. The lowest BCUT2D eigenvalue weighted by Gasteiger charge is -2.14. The minimum atomic E-state index is -4.87. The SMILES string of the molecule is CCOc1ccc(N2C(=O)c3ccc(C(=O)Nc4cccc(OC(F)(F)F)c4)cc3C2=O)cc1. The van der Waals surface area contributed by atoms with Crippen LogP contribution in [0.3, 0.4) is 0 Å². The van der Waals surface area contributed by atoms with E-state index in [0.29, 0.717) is 18.0 Å². The summed E-state index contributed by atoms with van der Waals surface area (Å²) in [6.45, 7) is 2.30. The van der Waals surface area contributed by atoms with E-state index in [1.807, 2.05) is 6.92 Å². The van der Waals surface area contributed by atoms with E-state index in [-0.39, 0.29) is 22.4 Å². The number of nitrogens with zero attached hydrogens (tertiary/aromatic N) is 1. The van der Waals surface area contributed by atoms with Crippen molar-refractivity contribution in [3.05, 3.63) is 83.4 Å². The summed E-state index contributed by atoms with van der Waals surface area (Å²) in [5.41, 5.74) is 0.639. The van der Waals surface area contributed by atoms with Gasteiger partial charge >= 0.3 is 6.36 Å². The van der Waals surface area contributed by atoms with Gasteiger partial charge in [0.2, 0.25) is 0 Å². The summed E-state index contributed by atoms with van der Waals surface area (Å²) >= 11 is 0. The Morgan fingerprint density at radius 2 is 1.62 bits per heavy atom. The maximum Gasteiger partial charge on any atom is 0.573 e. The van der Waals surface area contributed by atoms with Crippen LogP contribution in [0.25, 0.3) is 0 Å². The Hall–Kier alpha value is -4.34. The Labute approximate surface area is 191 Å². The second kappa shape index (κ2) is 8.89. The highest BCUT2D eigenvalue weighted by Crippen LogP contribution is 2.31. The predicted octanol–water partition coefficient (Wildman–Crippen LogP) is 5.04. The van der Waals surface area contributed by atoms with Crippen LogP contribution in [-0.2, 0) is 0 Å². The number of hydrogen-bond donors (Lipinski definition) is 1. The van der Waals surface area contributed by atoms with Gasteiger partial charge in [-0.1, -0.05) is 6.07 Å². The van der Waals surface area contributed by atoms with Crippen molar-refractivity contribution in [2.45, 2.75) is 13.3 Å². The summed E-state index contributed by atoms with van der Waals surface area (Å²) in [6.07, 6.45) is -4.87. The molecule has 4 rings (SSSR count). The van der Waals surface area contributed by atoms with Crippen molar-refractivity contribution >= 4 is 29.1 Å². The average molecular weight is 470 g/mol. The molecule has 0 aliphatic carbocycles. The lowest BCUT2D eigenvalue weighted by Crippen LogP contribution is -2.29. The third-order valence-corrected chi connectivity index (χ3v) is 4.88. The zero-order chi connectivity index (χ0) is 24.5. The summed E-state index contributed by atoms with van der Waals surface area (Å²) in [7, 11) is 0. The van der Waals surface area contributed by atoms with E-state index in [9.17, 15) is 27.6 Å². The van der Waals surface area contributed by atoms with Gasteiger partial charge in [-0.3, -0.25) is 14.4 Å². The summed E-state index contributed by atoms with van der Waals surface area (Å²) in [6, 6.07) is 15.2. The Morgan fingerprint density at radius 1 is 0.912 bits per heavy atom. The van der Waals surface area contributed by atoms with E-state index in [2.05, 4.69) is 10.1 Å². The molecule has 3 amide bonds. The van der Waals surface area contributed by atoms with E-state index < -0.39 is 29.8 Å². The molecule has 10 heteroatoms. The highest BCUT2D eigenvalue weighted by atomic mass is 19.4. The van der Waals surface area contributed by atoms with Crippen LogP contribution in [0, 0.1) is 0 Å². The molecule has 1 N–H and O–H groups in total. The first kappa shape index (κ1) is 22.8. The number of alkyl halides is 3. The molecule has 0 saturated carbocycles. The van der Waals surface area contributed by atoms with Gasteiger partial charge in [-0.25, -0.2) is 4.90 Å². The molecule has 174 valence electrons. The molecule has 34 heavy (non-hydrogen) atoms. The molecule has 0 bridgehead atoms. The zero-order valence-corrected chi connectivity index (χ0v) is 17.7. The van der Waals surface area contributed by atoms with Crippen molar-refractivity contribution in [2.24, 2.45) is 0 Å². The number of fused-ring (bicyclic) bond motifs is 1. The fraction of sp³-hybridized carbons (Fsp3) is 0.125. The van der Waals surface area contributed by atoms with Crippen LogP contribution in [0.15, 0.2) is 66.7 Å². The quantitative estimate of drug-likeness (QED) is 0.511. The van der Waals surface area contributed by atoms with Crippen molar-refractivity contribution in [3.63, 3.8) is 0 Å². The third-order valence-electron chi connectivity index (χ3n) is 4.88. The maximum atomic E-state index is 12.9. The number of hydrogen-bond acceptors (Lipinski definition) is 5. The monoisotopic (exact) mass is 470 g/mol. The van der Waals surface area contributed by atoms with E-state index in [4.69, 9.17) is 4.74 Å². The Bertz CT molecular complexity index is 1270. The van der Waals surface area contributed by atoms with Gasteiger partial charge in [0.15, 0.2) is 0 Å². The highest BCUT2D eigenvalue weighted by Gasteiger charge is 2.37. The van der Waals surface area contributed by atoms with Crippen molar-refractivity contribution in [3.8, 4) is 11.5 Å². The Balaban J connectivity index is 1.54. The van der Waals surface area contributed by atoms with Crippen molar-refractivity contribution in [1.29, 1.82) is 0 Å². The summed E-state index contributed by atoms with van der Waals surface area (Å²) in [5, 5.41) is 2.45. The molecule has 7 nitrogen and oxygen atoms in total. The molecule has 0 aromatic heterocycles. The average Bonchev–Trinajstić information content (AvgIpc) is 3.03. The first-order valence-corrected chi connectivity index (χ1v) is 10.1. The summed E-state index contributed by atoms with van der Waals surface area (Å²) in [4.78, 5) is 39.4. The molecule has 0 saturated heterocycles. The van der Waals surface area contributed by atoms with Crippen LogP contribution in [0.5, 0.6) is 11.5 Å². The Kier molecular flexibility index (Phi) is 5.97. The van der Waals surface area contributed by atoms with Crippen LogP contribution in [0.1, 0.15) is 38.0 Å². The number of imide groups is 1. The minimum absolute atomic E-state index is 0.0423. The van der Waals surface area contributed by atoms with E-state index in [1.165, 1.54) is 30.3 Å². The van der Waals surface area contributed by atoms with Gasteiger partial charge in [-0.15, -0.1) is 13.2 Å². The minimum Gasteiger partial charge on any atom is -0.494 e. The number of benzene rings is 3. The normalized spacial score (nSPS) is 13.0. The first-order chi connectivity index (χ1) is 16.2. The smallest absolute Gasteiger partial charge is 0.494 e. The maximum absolute atomic E-state index is 12.9. The number of ether oxygens (including phenoxy) is 2. The van der Waals surface area contributed by atoms with Crippen LogP contribution < -0.4 is 19.7 Å². The molecule has 0 radical (unpaired) electrons. The van der Waals surface area contributed by atoms with Crippen LogP contribution >= 0.6 is 0 Å². The standard InChI is InChI=1S/C24H17F3N2O5/c1-2-33-17-9-7-16(8-10-17)29-22(31)19-11-6-14(12-20(19)23(29)32)21(30)28-15-4-3-5-18(13-15)34-24(25,26)27/h3-13H,2H2,1H3,(H,28,30). The molecular formula is C24H17F3N2O5. The van der Waals surface area contributed by atoms with Gasteiger partial charge in [0.1, 0.15) is 11.5 Å². The fourth-order valence-corrected chi connectivity index (χ4v) is 3.45. The topological polar surface area (TPSA) is 84.9 Å². The van der Waals surface area contributed by atoms with Crippen LogP contribution in [-0.4, -0.2) is 30.7 Å².